The summed E-state index contributed by atoms with van der Waals surface area (Å²) >= 11 is 0. The molecule has 0 bridgehead atoms. The normalized spacial score (nSPS) is 14.7. The van der Waals surface area contributed by atoms with Crippen LogP contribution < -0.4 is 0 Å². The number of ether oxygens (including phenoxy) is 3. The fourth-order valence-corrected chi connectivity index (χ4v) is 10.1. The highest BCUT2D eigenvalue weighted by molar-refractivity contribution is 7.47. The van der Waals surface area contributed by atoms with Crippen LogP contribution in [0, 0.1) is 0 Å². The topological polar surface area (TPSA) is 231 Å². The molecular weight excluding hydrogens is 1070 g/mol. The van der Waals surface area contributed by atoms with Crippen LogP contribution in [0.15, 0.2) is 48.6 Å². The maximum atomic E-state index is 12.8. The van der Waals surface area contributed by atoms with Gasteiger partial charge in [0, 0.05) is 19.3 Å². The van der Waals surface area contributed by atoms with Gasteiger partial charge in [-0.15, -0.1) is 0 Å². The second-order valence-corrected chi connectivity index (χ2v) is 24.5. The largest absolute Gasteiger partial charge is 0.472 e. The highest BCUT2D eigenvalue weighted by Crippen LogP contribution is 2.45. The molecule has 0 fully saturated rings. The van der Waals surface area contributed by atoms with Crippen LogP contribution in [0.1, 0.15) is 278 Å². The van der Waals surface area contributed by atoms with Gasteiger partial charge in [0.25, 0.3) is 0 Å². The number of unbranched alkanes of at least 4 members (excludes halogenated alkanes) is 30. The minimum Gasteiger partial charge on any atom is -0.463 e. The Bertz CT molecular complexity index is 1690. The fraction of sp³-hybridized carbons (Fsp3) is 0.825. The lowest BCUT2D eigenvalue weighted by atomic mass is 10.0. The van der Waals surface area contributed by atoms with E-state index in [4.69, 9.17) is 32.3 Å². The Labute approximate surface area is 491 Å². The van der Waals surface area contributed by atoms with Crippen LogP contribution in [0.25, 0.3) is 0 Å². The van der Waals surface area contributed by atoms with Crippen molar-refractivity contribution in [1.82, 2.24) is 0 Å². The lowest BCUT2D eigenvalue weighted by Crippen LogP contribution is -2.30. The van der Waals surface area contributed by atoms with Gasteiger partial charge in [-0.1, -0.05) is 230 Å². The van der Waals surface area contributed by atoms with Crippen molar-refractivity contribution in [2.45, 2.75) is 296 Å². The Morgan fingerprint density at radius 3 is 1.05 bits per heavy atom. The summed E-state index contributed by atoms with van der Waals surface area (Å²) in [7, 11) is -9.75. The predicted octanol–water partition coefficient (Wildman–Crippen LogP) is 16.9. The molecule has 16 nitrogen and oxygen atoms in total. The third kappa shape index (κ3) is 59.1. The predicted molar refractivity (Wildman–Crippen MR) is 326 cm³/mol. The smallest absolute Gasteiger partial charge is 0.463 e. The average molecular weight is 1190 g/mol. The van der Waals surface area contributed by atoms with E-state index in [1.807, 2.05) is 0 Å². The number of hydrogen-bond donors (Lipinski definition) is 4. The van der Waals surface area contributed by atoms with Crippen LogP contribution >= 0.6 is 15.6 Å². The van der Waals surface area contributed by atoms with Gasteiger partial charge in [-0.3, -0.25) is 32.5 Å². The molecule has 0 rings (SSSR count). The minimum atomic E-state index is -4.91. The van der Waals surface area contributed by atoms with E-state index in [0.717, 1.165) is 109 Å². The van der Waals surface area contributed by atoms with Crippen molar-refractivity contribution < 1.29 is 75.8 Å². The Morgan fingerprint density at radius 1 is 0.346 bits per heavy atom. The van der Waals surface area contributed by atoms with Crippen LogP contribution in [0.3, 0.4) is 0 Å². The minimum absolute atomic E-state index is 0.0986. The number of rotatable bonds is 61. The Balaban J connectivity index is 4.59. The zero-order valence-corrected chi connectivity index (χ0v) is 52.7. The van der Waals surface area contributed by atoms with Gasteiger partial charge >= 0.3 is 33.6 Å². The van der Waals surface area contributed by atoms with Crippen molar-refractivity contribution in [1.29, 1.82) is 0 Å². The quantitative estimate of drug-likeness (QED) is 0.0146. The van der Waals surface area contributed by atoms with E-state index >= 15 is 0 Å². The third-order valence-corrected chi connectivity index (χ3v) is 15.4. The zero-order valence-electron chi connectivity index (χ0n) is 51.0. The molecule has 0 aliphatic carbocycles. The summed E-state index contributed by atoms with van der Waals surface area (Å²) < 4.78 is 60.7. The summed E-state index contributed by atoms with van der Waals surface area (Å²) in [6.07, 6.45) is 54.6. The number of allylic oxidation sites excluding steroid dienone is 8. The molecule has 0 aliphatic rings. The van der Waals surface area contributed by atoms with E-state index in [1.165, 1.54) is 109 Å². The molecule has 5 unspecified atom stereocenters. The fourth-order valence-electron chi connectivity index (χ4n) is 8.56. The van der Waals surface area contributed by atoms with E-state index < -0.39 is 91.5 Å². The molecule has 0 saturated carbocycles. The van der Waals surface area contributed by atoms with E-state index in [2.05, 4.69) is 69.4 Å². The maximum Gasteiger partial charge on any atom is 0.472 e. The summed E-state index contributed by atoms with van der Waals surface area (Å²) in [5, 5.41) is 20.5. The highest BCUT2D eigenvalue weighted by atomic mass is 31.2. The number of carbonyl (C=O) groups is 3. The van der Waals surface area contributed by atoms with Gasteiger partial charge < -0.3 is 34.2 Å². The van der Waals surface area contributed by atoms with Gasteiger partial charge in [0.05, 0.1) is 26.4 Å². The lowest BCUT2D eigenvalue weighted by Gasteiger charge is -2.21. The summed E-state index contributed by atoms with van der Waals surface area (Å²) in [6.45, 7) is 2.59. The molecule has 0 heterocycles. The Kier molecular flexibility index (Phi) is 56.1. The second-order valence-electron chi connectivity index (χ2n) is 21.6. The summed E-state index contributed by atoms with van der Waals surface area (Å²) in [5.74, 6) is -1.58. The zero-order chi connectivity index (χ0) is 59.6. The maximum absolute atomic E-state index is 12.8. The molecule has 81 heavy (non-hydrogen) atoms. The number of carbonyl (C=O) groups excluding carboxylic acids is 3. The van der Waals surface area contributed by atoms with E-state index in [9.17, 15) is 43.5 Å². The van der Waals surface area contributed by atoms with E-state index in [0.29, 0.717) is 19.3 Å². The molecule has 0 aromatic rings. The number of phosphoric ester groups is 2. The third-order valence-electron chi connectivity index (χ3n) is 13.5. The molecule has 0 spiro atoms. The number of phosphoric acid groups is 2. The monoisotopic (exact) mass is 1190 g/mol. The van der Waals surface area contributed by atoms with Crippen LogP contribution in [0.4, 0.5) is 0 Å². The number of aliphatic hydroxyl groups is 2. The van der Waals surface area contributed by atoms with E-state index in [-0.39, 0.29) is 19.3 Å². The van der Waals surface area contributed by atoms with Crippen molar-refractivity contribution >= 4 is 33.6 Å². The van der Waals surface area contributed by atoms with Gasteiger partial charge in [0.1, 0.15) is 25.4 Å². The van der Waals surface area contributed by atoms with Crippen LogP contribution in [-0.2, 0) is 55.8 Å². The second kappa shape index (κ2) is 57.9. The van der Waals surface area contributed by atoms with Crippen molar-refractivity contribution in [3.05, 3.63) is 48.6 Å². The van der Waals surface area contributed by atoms with Crippen molar-refractivity contribution in [2.24, 2.45) is 0 Å². The first-order valence-electron chi connectivity index (χ1n) is 31.9. The average Bonchev–Trinajstić information content (AvgIpc) is 3.45. The molecule has 5 atom stereocenters. The molecule has 0 amide bonds. The molecule has 0 aliphatic heterocycles. The summed E-state index contributed by atoms with van der Waals surface area (Å²) in [4.78, 5) is 58.1. The highest BCUT2D eigenvalue weighted by Gasteiger charge is 2.29. The van der Waals surface area contributed by atoms with Gasteiger partial charge in [0.2, 0.25) is 0 Å². The van der Waals surface area contributed by atoms with E-state index in [1.54, 1.807) is 0 Å². The molecule has 474 valence electrons. The van der Waals surface area contributed by atoms with Crippen molar-refractivity contribution in [3.63, 3.8) is 0 Å². The molecule has 0 aromatic carbocycles. The molecule has 4 N–H and O–H groups in total. The van der Waals surface area contributed by atoms with Gasteiger partial charge in [-0.25, -0.2) is 9.13 Å². The van der Waals surface area contributed by atoms with Crippen LogP contribution in [0.2, 0.25) is 0 Å². The SMILES string of the molecule is CCCC/C=C\CCCCCCCC(=O)OC(COC(=O)CCCCCCCCCCCCCCCCC)COP(=O)(O)OCC(O)COP(=O)(O)OCC(O)COC(=O)CCCCCCCC/C=C\C/C=C\C/C=C\CCCCC. The Hall–Kier alpha value is -2.49. The molecule has 0 saturated heterocycles. The summed E-state index contributed by atoms with van der Waals surface area (Å²) in [6, 6.07) is 0. The number of hydrogen-bond acceptors (Lipinski definition) is 14. The number of aliphatic hydroxyl groups excluding tert-OH is 2. The Morgan fingerprint density at radius 2 is 0.630 bits per heavy atom. The van der Waals surface area contributed by atoms with Gasteiger partial charge in [-0.05, 0) is 77.0 Å². The first-order valence-corrected chi connectivity index (χ1v) is 34.9. The van der Waals surface area contributed by atoms with Crippen molar-refractivity contribution in [2.75, 3.05) is 39.6 Å². The standard InChI is InChI=1S/C63H116O16P2/c1-4-7-10-13-16-19-22-24-26-27-28-29-31-33-35-37-40-43-46-49-61(66)73-52-58(64)53-75-80(69,70)76-54-59(65)55-77-81(71,72)78-57-60(79-63(68)51-48-45-42-39-34-21-18-15-12-9-6-3)56-74-62(67)50-47-44-41-38-36-32-30-25-23-20-17-14-11-8-5-2/h15-16,18-19,24,26,28-29,58-60,64-65H,4-14,17,20-23,25,27,30-57H2,1-3H3,(H,69,70)(H,71,72)/b18-15-,19-16-,26-24-,29-28-. The van der Waals surface area contributed by atoms with Crippen LogP contribution in [0.5, 0.6) is 0 Å². The van der Waals surface area contributed by atoms with Crippen molar-refractivity contribution in [3.8, 4) is 0 Å². The van der Waals surface area contributed by atoms with Gasteiger partial charge in [0.15, 0.2) is 6.10 Å². The molecule has 0 aromatic heterocycles. The first kappa shape index (κ1) is 78.5. The summed E-state index contributed by atoms with van der Waals surface area (Å²) in [5.41, 5.74) is 0. The molecule has 0 radical (unpaired) electrons. The van der Waals surface area contributed by atoms with Crippen LogP contribution in [-0.4, -0.2) is 95.9 Å². The lowest BCUT2D eigenvalue weighted by molar-refractivity contribution is -0.161. The first-order chi connectivity index (χ1) is 39.2. The number of esters is 3. The van der Waals surface area contributed by atoms with Gasteiger partial charge in [-0.2, -0.15) is 0 Å². The molecular formula is C63H116O16P2. The molecule has 18 heteroatoms.